The molecule has 2 aromatic carbocycles. The van der Waals surface area contributed by atoms with E-state index in [2.05, 4.69) is 17.0 Å². The van der Waals surface area contributed by atoms with Crippen LogP contribution in [0.5, 0.6) is 0 Å². The molecule has 0 radical (unpaired) electrons. The van der Waals surface area contributed by atoms with Crippen molar-refractivity contribution in [1.82, 2.24) is 18.8 Å². The van der Waals surface area contributed by atoms with Crippen molar-refractivity contribution in [3.8, 4) is 0 Å². The third-order valence-electron chi connectivity index (χ3n) is 5.26. The molecule has 2 N–H and O–H groups in total. The normalized spacial score (nSPS) is 18.7. The third kappa shape index (κ3) is 4.58. The first-order valence-electron chi connectivity index (χ1n) is 9.75. The Morgan fingerprint density at radius 2 is 1.53 bits per heavy atom. The fourth-order valence-corrected chi connectivity index (χ4v) is 4.61. The van der Waals surface area contributed by atoms with Crippen LogP contribution in [0.2, 0.25) is 0 Å². The van der Waals surface area contributed by atoms with Crippen molar-refractivity contribution in [1.29, 1.82) is 0 Å². The van der Waals surface area contributed by atoms with Crippen molar-refractivity contribution in [2.75, 3.05) is 26.2 Å². The molecule has 0 aromatic heterocycles. The van der Waals surface area contributed by atoms with Crippen molar-refractivity contribution >= 4 is 16.1 Å². The lowest BCUT2D eigenvalue weighted by molar-refractivity contribution is 0.0628. The Morgan fingerprint density at radius 1 is 0.900 bits per heavy atom. The average molecular weight is 429 g/mol. The second kappa shape index (κ2) is 8.37. The van der Waals surface area contributed by atoms with Crippen molar-refractivity contribution < 1.29 is 18.3 Å². The number of carbonyl (C=O) groups excluding carboxylic acids is 1. The lowest BCUT2D eigenvalue weighted by atomic mass is 10.1. The maximum Gasteiger partial charge on any atom is 0.326 e. The highest BCUT2D eigenvalue weighted by atomic mass is 32.2. The Morgan fingerprint density at radius 3 is 2.13 bits per heavy atom. The molecular formula is C21H24N4O4S. The van der Waals surface area contributed by atoms with Gasteiger partial charge in [-0.25, -0.2) is 4.72 Å². The first-order valence-corrected chi connectivity index (χ1v) is 11.2. The minimum absolute atomic E-state index is 0.0195. The number of piperazine rings is 1. The maximum absolute atomic E-state index is 12.8. The Labute approximate surface area is 176 Å². The fourth-order valence-electron chi connectivity index (χ4n) is 3.62. The van der Waals surface area contributed by atoms with Crippen LogP contribution in [0.15, 0.2) is 66.7 Å². The Balaban J connectivity index is 1.32. The molecule has 30 heavy (non-hydrogen) atoms. The molecular weight excluding hydrogens is 404 g/mol. The molecule has 4 rings (SSSR count). The van der Waals surface area contributed by atoms with Gasteiger partial charge in [0.15, 0.2) is 0 Å². The van der Waals surface area contributed by atoms with Gasteiger partial charge in [-0.05, 0) is 23.3 Å². The molecule has 1 saturated heterocycles. The van der Waals surface area contributed by atoms with Crippen LogP contribution in [-0.4, -0.2) is 59.7 Å². The minimum atomic E-state index is -3.75. The fraction of sp³-hybridized carbons (Fsp3) is 0.286. The highest BCUT2D eigenvalue weighted by Crippen LogP contribution is 2.17. The van der Waals surface area contributed by atoms with E-state index in [0.717, 1.165) is 35.7 Å². The summed E-state index contributed by atoms with van der Waals surface area (Å²) in [7, 11) is -3.75. The molecule has 0 saturated carbocycles. The van der Waals surface area contributed by atoms with Crippen LogP contribution in [-0.2, 0) is 23.3 Å². The van der Waals surface area contributed by atoms with Gasteiger partial charge in [-0.15, -0.1) is 0 Å². The average Bonchev–Trinajstić information content (AvgIpc) is 3.00. The van der Waals surface area contributed by atoms with E-state index < -0.39 is 16.1 Å². The molecule has 0 atom stereocenters. The molecule has 0 spiro atoms. The molecule has 2 aliphatic rings. The summed E-state index contributed by atoms with van der Waals surface area (Å²) in [6, 6.07) is 17.2. The van der Waals surface area contributed by atoms with E-state index in [-0.39, 0.29) is 12.5 Å². The van der Waals surface area contributed by atoms with E-state index in [0.29, 0.717) is 18.7 Å². The lowest BCUT2D eigenvalue weighted by Crippen LogP contribution is -2.48. The van der Waals surface area contributed by atoms with Crippen LogP contribution in [0.1, 0.15) is 21.5 Å². The van der Waals surface area contributed by atoms with Gasteiger partial charge >= 0.3 is 10.2 Å². The predicted octanol–water partition coefficient (Wildman–Crippen LogP) is 1.65. The number of rotatable bonds is 5. The van der Waals surface area contributed by atoms with E-state index in [1.54, 1.807) is 24.3 Å². The van der Waals surface area contributed by atoms with Gasteiger partial charge in [-0.2, -0.15) is 8.42 Å². The summed E-state index contributed by atoms with van der Waals surface area (Å²) >= 11 is 0. The highest BCUT2D eigenvalue weighted by molar-refractivity contribution is 7.87. The van der Waals surface area contributed by atoms with E-state index in [4.69, 9.17) is 0 Å². The van der Waals surface area contributed by atoms with Gasteiger partial charge in [0.1, 0.15) is 0 Å². The molecule has 1 fully saturated rings. The predicted molar refractivity (Wildman–Crippen MR) is 112 cm³/mol. The van der Waals surface area contributed by atoms with E-state index in [1.165, 1.54) is 5.56 Å². The highest BCUT2D eigenvalue weighted by Gasteiger charge is 2.27. The largest absolute Gasteiger partial charge is 0.493 e. The molecule has 0 unspecified atom stereocenters. The number of nitrogens with one attached hydrogen (secondary N) is 1. The van der Waals surface area contributed by atoms with E-state index in [9.17, 15) is 18.3 Å². The van der Waals surface area contributed by atoms with Gasteiger partial charge in [0.2, 0.25) is 5.88 Å². The van der Waals surface area contributed by atoms with Gasteiger partial charge in [-0.1, -0.05) is 42.5 Å². The number of aliphatic hydroxyl groups is 1. The summed E-state index contributed by atoms with van der Waals surface area (Å²) < 4.78 is 26.7. The lowest BCUT2D eigenvalue weighted by Gasteiger charge is -2.34. The summed E-state index contributed by atoms with van der Waals surface area (Å²) in [6.45, 7) is 3.97. The Bertz CT molecular complexity index is 1030. The first kappa shape index (κ1) is 20.2. The van der Waals surface area contributed by atoms with Crippen molar-refractivity contribution in [2.24, 2.45) is 0 Å². The second-order valence-electron chi connectivity index (χ2n) is 7.42. The molecule has 2 aromatic rings. The number of nitrogens with zero attached hydrogens (tertiary/aromatic N) is 3. The molecule has 8 nitrogen and oxygen atoms in total. The van der Waals surface area contributed by atoms with E-state index >= 15 is 0 Å². The Hall–Kier alpha value is -3.04. The first-order chi connectivity index (χ1) is 14.4. The number of carbonyl (C=O) groups is 1. The number of amides is 1. The van der Waals surface area contributed by atoms with E-state index in [1.807, 2.05) is 27.8 Å². The zero-order valence-electron chi connectivity index (χ0n) is 16.4. The summed E-state index contributed by atoms with van der Waals surface area (Å²) in [6.07, 6.45) is 1.13. The quantitative estimate of drug-likeness (QED) is 0.756. The number of aliphatic hydroxyl groups excluding tert-OH is 1. The van der Waals surface area contributed by atoms with Crippen LogP contribution in [0.3, 0.4) is 0 Å². The SMILES string of the molecule is O=C(c1ccc(CN2C=C(O)NS2(=O)=O)cc1)N1CCN(Cc2ccccc2)CC1. The molecule has 9 heteroatoms. The van der Waals surface area contributed by atoms with Crippen molar-refractivity contribution in [2.45, 2.75) is 13.1 Å². The minimum Gasteiger partial charge on any atom is -0.493 e. The standard InChI is InChI=1S/C21H24N4O4S/c26-20-16-25(30(28,29)22-20)15-18-6-8-19(9-7-18)21(27)24-12-10-23(11-13-24)14-17-4-2-1-3-5-17/h1-9,16,22,26H,10-15H2. The number of hydrogen-bond donors (Lipinski definition) is 2. The topological polar surface area (TPSA) is 93.2 Å². The summed E-state index contributed by atoms with van der Waals surface area (Å²) in [4.78, 5) is 17.0. The molecule has 2 heterocycles. The monoisotopic (exact) mass is 428 g/mol. The van der Waals surface area contributed by atoms with Crippen LogP contribution in [0.25, 0.3) is 0 Å². The second-order valence-corrected chi connectivity index (χ2v) is 9.04. The summed E-state index contributed by atoms with van der Waals surface area (Å²) in [5, 5.41) is 9.35. The maximum atomic E-state index is 12.8. The van der Waals surface area contributed by atoms with Gasteiger partial charge in [0, 0.05) is 38.3 Å². The number of hydrogen-bond acceptors (Lipinski definition) is 5. The van der Waals surface area contributed by atoms with Gasteiger partial charge < -0.3 is 10.0 Å². The summed E-state index contributed by atoms with van der Waals surface area (Å²) in [5.41, 5.74) is 2.57. The molecule has 158 valence electrons. The van der Waals surface area contributed by atoms with Gasteiger partial charge in [0.25, 0.3) is 5.91 Å². The molecule has 2 aliphatic heterocycles. The van der Waals surface area contributed by atoms with Gasteiger partial charge in [0.05, 0.1) is 12.7 Å². The van der Waals surface area contributed by atoms with Crippen LogP contribution in [0, 0.1) is 0 Å². The third-order valence-corrected chi connectivity index (χ3v) is 6.58. The Kier molecular flexibility index (Phi) is 5.65. The van der Waals surface area contributed by atoms with Crippen LogP contribution in [0.4, 0.5) is 0 Å². The van der Waals surface area contributed by atoms with Gasteiger partial charge in [-0.3, -0.25) is 14.0 Å². The zero-order chi connectivity index (χ0) is 21.1. The van der Waals surface area contributed by atoms with Crippen molar-refractivity contribution in [3.63, 3.8) is 0 Å². The molecule has 0 bridgehead atoms. The zero-order valence-corrected chi connectivity index (χ0v) is 17.3. The van der Waals surface area contributed by atoms with Crippen LogP contribution >= 0.6 is 0 Å². The summed E-state index contributed by atoms with van der Waals surface area (Å²) in [5.74, 6) is -0.429. The number of benzene rings is 2. The van der Waals surface area contributed by atoms with Crippen LogP contribution < -0.4 is 4.72 Å². The smallest absolute Gasteiger partial charge is 0.326 e. The molecule has 1 amide bonds. The van der Waals surface area contributed by atoms with Crippen molar-refractivity contribution in [3.05, 3.63) is 83.4 Å². The molecule has 0 aliphatic carbocycles.